The van der Waals surface area contributed by atoms with Gasteiger partial charge in [-0.2, -0.15) is 0 Å². The van der Waals surface area contributed by atoms with Crippen molar-refractivity contribution < 1.29 is 22.7 Å². The Morgan fingerprint density at radius 3 is 2.53 bits per heavy atom. The second-order valence-electron chi connectivity index (χ2n) is 8.03. The molecule has 0 saturated heterocycles. The molecule has 34 heavy (non-hydrogen) atoms. The van der Waals surface area contributed by atoms with Crippen LogP contribution in [0.1, 0.15) is 30.4 Å². The number of sulfone groups is 1. The predicted octanol–water partition coefficient (Wildman–Crippen LogP) is 4.17. The number of aryl methyl sites for hydroxylation is 1. The Kier molecular flexibility index (Phi) is 6.98. The van der Waals surface area contributed by atoms with E-state index in [1.54, 1.807) is 60.7 Å². The van der Waals surface area contributed by atoms with Crippen molar-refractivity contribution in [3.8, 4) is 5.75 Å². The molecule has 0 aliphatic carbocycles. The first-order valence-electron chi connectivity index (χ1n) is 11.1. The number of ether oxygens (including phenoxy) is 1. The molecular formula is C26H26N2O5S. The van der Waals surface area contributed by atoms with Gasteiger partial charge in [0.05, 0.1) is 28.9 Å². The SMILES string of the molecule is CCOc1ccccc1NC(=O)C(CS(=O)(=O)c1ccc2c(c1)CCC(=O)N2)c1ccccc1. The van der Waals surface area contributed by atoms with Gasteiger partial charge in [0.2, 0.25) is 11.8 Å². The third kappa shape index (κ3) is 5.28. The lowest BCUT2D eigenvalue weighted by molar-refractivity contribution is -0.117. The summed E-state index contributed by atoms with van der Waals surface area (Å²) in [4.78, 5) is 25.1. The molecular weight excluding hydrogens is 452 g/mol. The van der Waals surface area contributed by atoms with Crippen molar-refractivity contribution in [3.05, 3.63) is 83.9 Å². The van der Waals surface area contributed by atoms with Crippen LogP contribution in [0.15, 0.2) is 77.7 Å². The van der Waals surface area contributed by atoms with Gasteiger partial charge < -0.3 is 15.4 Å². The van der Waals surface area contributed by atoms with Crippen LogP contribution in [0.25, 0.3) is 0 Å². The fourth-order valence-corrected chi connectivity index (χ4v) is 5.52. The number of benzene rings is 3. The fourth-order valence-electron chi connectivity index (χ4n) is 3.95. The van der Waals surface area contributed by atoms with Crippen molar-refractivity contribution in [3.63, 3.8) is 0 Å². The number of carbonyl (C=O) groups excluding carboxylic acids is 2. The Morgan fingerprint density at radius 2 is 1.76 bits per heavy atom. The molecule has 3 aromatic rings. The number of hydrogen-bond donors (Lipinski definition) is 2. The quantitative estimate of drug-likeness (QED) is 0.506. The normalized spacial score (nSPS) is 14.0. The van der Waals surface area contributed by atoms with Gasteiger partial charge in [0.25, 0.3) is 0 Å². The van der Waals surface area contributed by atoms with Crippen molar-refractivity contribution in [1.82, 2.24) is 0 Å². The molecule has 2 amide bonds. The predicted molar refractivity (Wildman–Crippen MR) is 131 cm³/mol. The third-order valence-corrected chi connectivity index (χ3v) is 7.42. The van der Waals surface area contributed by atoms with Gasteiger partial charge in [0.15, 0.2) is 9.84 Å². The number of hydrogen-bond acceptors (Lipinski definition) is 5. The van der Waals surface area contributed by atoms with Gasteiger partial charge >= 0.3 is 0 Å². The first-order valence-corrected chi connectivity index (χ1v) is 12.8. The Morgan fingerprint density at radius 1 is 1.03 bits per heavy atom. The zero-order valence-electron chi connectivity index (χ0n) is 18.8. The van der Waals surface area contributed by atoms with Crippen molar-refractivity contribution in [2.24, 2.45) is 0 Å². The molecule has 1 aliphatic rings. The smallest absolute Gasteiger partial charge is 0.233 e. The Hall–Kier alpha value is -3.65. The van der Waals surface area contributed by atoms with E-state index in [-0.39, 0.29) is 10.8 Å². The van der Waals surface area contributed by atoms with Crippen LogP contribution >= 0.6 is 0 Å². The van der Waals surface area contributed by atoms with E-state index in [1.165, 1.54) is 6.07 Å². The number of amides is 2. The van der Waals surface area contributed by atoms with Crippen LogP contribution in [-0.2, 0) is 25.8 Å². The van der Waals surface area contributed by atoms with Gasteiger partial charge in [-0.1, -0.05) is 42.5 Å². The van der Waals surface area contributed by atoms with E-state index >= 15 is 0 Å². The molecule has 176 valence electrons. The van der Waals surface area contributed by atoms with E-state index in [4.69, 9.17) is 4.74 Å². The van der Waals surface area contributed by atoms with E-state index in [0.29, 0.717) is 42.1 Å². The lowest BCUT2D eigenvalue weighted by Crippen LogP contribution is -2.28. The summed E-state index contributed by atoms with van der Waals surface area (Å²) in [5.41, 5.74) is 2.48. The summed E-state index contributed by atoms with van der Waals surface area (Å²) in [6, 6.07) is 20.6. The van der Waals surface area contributed by atoms with Crippen molar-refractivity contribution in [1.29, 1.82) is 0 Å². The maximum atomic E-state index is 13.4. The molecule has 1 atom stereocenters. The van der Waals surface area contributed by atoms with Crippen molar-refractivity contribution in [2.75, 3.05) is 23.0 Å². The first-order chi connectivity index (χ1) is 16.4. The summed E-state index contributed by atoms with van der Waals surface area (Å²) < 4.78 is 32.4. The number of rotatable bonds is 8. The molecule has 8 heteroatoms. The van der Waals surface area contributed by atoms with E-state index in [9.17, 15) is 18.0 Å². The summed E-state index contributed by atoms with van der Waals surface area (Å²) in [6.07, 6.45) is 0.784. The lowest BCUT2D eigenvalue weighted by atomic mass is 10.00. The molecule has 2 N–H and O–H groups in total. The van der Waals surface area contributed by atoms with Crippen LogP contribution < -0.4 is 15.4 Å². The second kappa shape index (κ2) is 10.1. The third-order valence-electron chi connectivity index (χ3n) is 5.68. The van der Waals surface area contributed by atoms with Crippen molar-refractivity contribution in [2.45, 2.75) is 30.6 Å². The van der Waals surface area contributed by atoms with Gasteiger partial charge in [-0.3, -0.25) is 9.59 Å². The van der Waals surface area contributed by atoms with Crippen molar-refractivity contribution >= 4 is 33.0 Å². The highest BCUT2D eigenvalue weighted by atomic mass is 32.2. The van der Waals surface area contributed by atoms with Crippen LogP contribution in [0.3, 0.4) is 0 Å². The number of anilines is 2. The topological polar surface area (TPSA) is 102 Å². The highest BCUT2D eigenvalue weighted by Crippen LogP contribution is 2.30. The first kappa shape index (κ1) is 23.5. The van der Waals surface area contributed by atoms with E-state index in [0.717, 1.165) is 5.56 Å². The van der Waals surface area contributed by atoms with Gasteiger partial charge in [-0.05, 0) is 54.8 Å². The second-order valence-corrected chi connectivity index (χ2v) is 10.1. The van der Waals surface area contributed by atoms with Crippen LogP contribution in [0.4, 0.5) is 11.4 Å². The summed E-state index contributed by atoms with van der Waals surface area (Å²) in [7, 11) is -3.82. The monoisotopic (exact) mass is 478 g/mol. The van der Waals surface area contributed by atoms with E-state index in [2.05, 4.69) is 10.6 Å². The van der Waals surface area contributed by atoms with Gasteiger partial charge in [0, 0.05) is 12.1 Å². The fraction of sp³-hybridized carbons (Fsp3) is 0.231. The minimum absolute atomic E-state index is 0.0868. The molecule has 7 nitrogen and oxygen atoms in total. The Labute approximate surface area is 199 Å². The van der Waals surface area contributed by atoms with Crippen LogP contribution in [0.5, 0.6) is 5.75 Å². The summed E-state index contributed by atoms with van der Waals surface area (Å²) in [5, 5.41) is 5.60. The minimum atomic E-state index is -3.82. The molecule has 3 aromatic carbocycles. The van der Waals surface area contributed by atoms with Crippen LogP contribution in [0.2, 0.25) is 0 Å². The summed E-state index contributed by atoms with van der Waals surface area (Å²) in [6.45, 7) is 2.28. The van der Waals surface area contributed by atoms with Gasteiger partial charge in [-0.15, -0.1) is 0 Å². The summed E-state index contributed by atoms with van der Waals surface area (Å²) in [5.74, 6) is -1.34. The largest absolute Gasteiger partial charge is 0.492 e. The average molecular weight is 479 g/mol. The molecule has 1 unspecified atom stereocenters. The van der Waals surface area contributed by atoms with Crippen LogP contribution in [-0.4, -0.2) is 32.6 Å². The molecule has 4 rings (SSSR count). The molecule has 0 aromatic heterocycles. The van der Waals surface area contributed by atoms with Gasteiger partial charge in [0.1, 0.15) is 5.75 Å². The minimum Gasteiger partial charge on any atom is -0.492 e. The highest BCUT2D eigenvalue weighted by molar-refractivity contribution is 7.91. The lowest BCUT2D eigenvalue weighted by Gasteiger charge is -2.20. The Bertz CT molecular complexity index is 1310. The number of nitrogens with one attached hydrogen (secondary N) is 2. The number of para-hydroxylation sites is 2. The molecule has 0 radical (unpaired) electrons. The highest BCUT2D eigenvalue weighted by Gasteiger charge is 2.30. The zero-order valence-corrected chi connectivity index (χ0v) is 19.6. The average Bonchev–Trinajstić information content (AvgIpc) is 2.84. The zero-order chi connectivity index (χ0) is 24.1. The van der Waals surface area contributed by atoms with Crippen LogP contribution in [0, 0.1) is 0 Å². The molecule has 1 heterocycles. The van der Waals surface area contributed by atoms with Gasteiger partial charge in [-0.25, -0.2) is 8.42 Å². The Balaban J connectivity index is 1.63. The molecule has 0 spiro atoms. The summed E-state index contributed by atoms with van der Waals surface area (Å²) >= 11 is 0. The standard InChI is InChI=1S/C26H26N2O5S/c1-2-33-24-11-7-6-10-23(24)28-26(30)21(18-8-4-3-5-9-18)17-34(31,32)20-13-14-22-19(16-20)12-15-25(29)27-22/h3-11,13-14,16,21H,2,12,15,17H2,1H3,(H,27,29)(H,28,30). The molecule has 0 fully saturated rings. The van der Waals surface area contributed by atoms with E-state index in [1.807, 2.05) is 13.0 Å². The maximum absolute atomic E-state index is 13.4. The number of fused-ring (bicyclic) bond motifs is 1. The maximum Gasteiger partial charge on any atom is 0.233 e. The van der Waals surface area contributed by atoms with E-state index < -0.39 is 27.4 Å². The number of carbonyl (C=O) groups is 2. The molecule has 0 bridgehead atoms. The molecule has 0 saturated carbocycles. The molecule has 1 aliphatic heterocycles.